The van der Waals surface area contributed by atoms with Crippen LogP contribution in [-0.2, 0) is 13.5 Å². The number of aromatic nitrogens is 4. The van der Waals surface area contributed by atoms with Gasteiger partial charge in [-0.05, 0) is 18.6 Å². The zero-order valence-corrected chi connectivity index (χ0v) is 8.31. The van der Waals surface area contributed by atoms with Crippen molar-refractivity contribution in [3.05, 3.63) is 30.2 Å². The molecule has 0 unspecified atom stereocenters. The Morgan fingerprint density at radius 2 is 2.21 bits per heavy atom. The topological polar surface area (TPSA) is 43.6 Å². The molecular weight excluding hydrogens is 176 g/mol. The van der Waals surface area contributed by atoms with Gasteiger partial charge in [0.1, 0.15) is 5.69 Å². The van der Waals surface area contributed by atoms with E-state index in [1.165, 1.54) is 0 Å². The van der Waals surface area contributed by atoms with Crippen LogP contribution in [0.15, 0.2) is 24.5 Å². The van der Waals surface area contributed by atoms with E-state index < -0.39 is 0 Å². The Hall–Kier alpha value is -1.71. The fraction of sp³-hybridized carbons (Fsp3) is 0.300. The van der Waals surface area contributed by atoms with Crippen LogP contribution in [0.25, 0.3) is 11.5 Å². The Morgan fingerprint density at radius 3 is 2.86 bits per heavy atom. The van der Waals surface area contributed by atoms with Crippen molar-refractivity contribution in [2.75, 3.05) is 0 Å². The Morgan fingerprint density at radius 1 is 1.36 bits per heavy atom. The summed E-state index contributed by atoms with van der Waals surface area (Å²) < 4.78 is 1.75. The standard InChI is InChI=1S/C10H12N4/c1-3-8-4-6-11-10(12-8)9-5-7-14(2)13-9/h4-7H,3H2,1-2H3. The smallest absolute Gasteiger partial charge is 0.180 e. The third-order valence-electron chi connectivity index (χ3n) is 2.02. The van der Waals surface area contributed by atoms with Crippen molar-refractivity contribution in [2.45, 2.75) is 13.3 Å². The third-order valence-corrected chi connectivity index (χ3v) is 2.02. The second kappa shape index (κ2) is 3.57. The van der Waals surface area contributed by atoms with Crippen molar-refractivity contribution >= 4 is 0 Å². The van der Waals surface area contributed by atoms with Gasteiger partial charge in [-0.25, -0.2) is 9.97 Å². The van der Waals surface area contributed by atoms with E-state index in [0.29, 0.717) is 5.82 Å². The molecule has 0 saturated carbocycles. The minimum Gasteiger partial charge on any atom is -0.275 e. The lowest BCUT2D eigenvalue weighted by Gasteiger charge is -1.97. The summed E-state index contributed by atoms with van der Waals surface area (Å²) in [7, 11) is 1.88. The van der Waals surface area contributed by atoms with Gasteiger partial charge in [-0.2, -0.15) is 5.10 Å². The van der Waals surface area contributed by atoms with E-state index in [2.05, 4.69) is 22.0 Å². The Bertz CT molecular complexity index is 433. The van der Waals surface area contributed by atoms with Crippen LogP contribution in [0.2, 0.25) is 0 Å². The maximum Gasteiger partial charge on any atom is 0.180 e. The summed E-state index contributed by atoms with van der Waals surface area (Å²) >= 11 is 0. The number of rotatable bonds is 2. The molecule has 2 heterocycles. The summed E-state index contributed by atoms with van der Waals surface area (Å²) in [6.45, 7) is 2.07. The highest BCUT2D eigenvalue weighted by Gasteiger charge is 2.04. The van der Waals surface area contributed by atoms with Crippen LogP contribution >= 0.6 is 0 Å². The van der Waals surface area contributed by atoms with E-state index in [1.54, 1.807) is 10.9 Å². The van der Waals surface area contributed by atoms with Crippen LogP contribution in [-0.4, -0.2) is 19.7 Å². The quantitative estimate of drug-likeness (QED) is 0.716. The van der Waals surface area contributed by atoms with Gasteiger partial charge >= 0.3 is 0 Å². The lowest BCUT2D eigenvalue weighted by Crippen LogP contribution is -1.95. The molecule has 4 nitrogen and oxygen atoms in total. The SMILES string of the molecule is CCc1ccnc(-c2ccn(C)n2)n1. The second-order valence-corrected chi connectivity index (χ2v) is 3.10. The Labute approximate surface area is 82.6 Å². The molecule has 0 saturated heterocycles. The Balaban J connectivity index is 2.41. The Kier molecular flexibility index (Phi) is 2.26. The number of aryl methyl sites for hydroxylation is 2. The maximum absolute atomic E-state index is 4.39. The molecule has 0 aliphatic carbocycles. The summed E-state index contributed by atoms with van der Waals surface area (Å²) in [5, 5.41) is 4.25. The minimum absolute atomic E-state index is 0.699. The van der Waals surface area contributed by atoms with Crippen LogP contribution in [0.3, 0.4) is 0 Å². The molecule has 0 aromatic carbocycles. The molecule has 4 heteroatoms. The average Bonchev–Trinajstić information content (AvgIpc) is 2.65. The summed E-state index contributed by atoms with van der Waals surface area (Å²) in [5.41, 5.74) is 1.86. The van der Waals surface area contributed by atoms with Gasteiger partial charge in [-0.1, -0.05) is 6.92 Å². The van der Waals surface area contributed by atoms with Gasteiger partial charge in [-0.15, -0.1) is 0 Å². The zero-order chi connectivity index (χ0) is 9.97. The van der Waals surface area contributed by atoms with Gasteiger partial charge in [-0.3, -0.25) is 4.68 Å². The second-order valence-electron chi connectivity index (χ2n) is 3.10. The van der Waals surface area contributed by atoms with Crippen molar-refractivity contribution in [3.8, 4) is 11.5 Å². The van der Waals surface area contributed by atoms with Gasteiger partial charge in [0.15, 0.2) is 5.82 Å². The number of hydrogen-bond donors (Lipinski definition) is 0. The molecule has 0 N–H and O–H groups in total. The average molecular weight is 188 g/mol. The molecule has 0 radical (unpaired) electrons. The minimum atomic E-state index is 0.699. The number of hydrogen-bond acceptors (Lipinski definition) is 3. The molecule has 0 atom stereocenters. The van der Waals surface area contributed by atoms with Crippen LogP contribution in [0.1, 0.15) is 12.6 Å². The van der Waals surface area contributed by atoms with Crippen LogP contribution in [0.5, 0.6) is 0 Å². The summed E-state index contributed by atoms with van der Waals surface area (Å²) in [4.78, 5) is 8.57. The van der Waals surface area contributed by atoms with Crippen LogP contribution < -0.4 is 0 Å². The van der Waals surface area contributed by atoms with Gasteiger partial charge in [0, 0.05) is 25.1 Å². The first-order chi connectivity index (χ1) is 6.79. The van der Waals surface area contributed by atoms with E-state index in [4.69, 9.17) is 0 Å². The molecule has 14 heavy (non-hydrogen) atoms. The molecule has 0 bridgehead atoms. The molecule has 2 rings (SSSR count). The lowest BCUT2D eigenvalue weighted by molar-refractivity contribution is 0.768. The van der Waals surface area contributed by atoms with Gasteiger partial charge in [0.2, 0.25) is 0 Å². The molecule has 0 aliphatic heterocycles. The fourth-order valence-corrected chi connectivity index (χ4v) is 1.25. The van der Waals surface area contributed by atoms with E-state index in [-0.39, 0.29) is 0 Å². The summed E-state index contributed by atoms with van der Waals surface area (Å²) in [6, 6.07) is 3.83. The molecule has 0 fully saturated rings. The van der Waals surface area contributed by atoms with Crippen molar-refractivity contribution in [3.63, 3.8) is 0 Å². The van der Waals surface area contributed by atoms with E-state index in [1.807, 2.05) is 25.4 Å². The maximum atomic E-state index is 4.39. The molecule has 0 amide bonds. The first-order valence-electron chi connectivity index (χ1n) is 4.61. The first-order valence-corrected chi connectivity index (χ1v) is 4.61. The normalized spacial score (nSPS) is 10.4. The predicted molar refractivity (Wildman–Crippen MR) is 53.6 cm³/mol. The molecule has 0 spiro atoms. The fourth-order valence-electron chi connectivity index (χ4n) is 1.25. The van der Waals surface area contributed by atoms with E-state index in [0.717, 1.165) is 17.8 Å². The highest BCUT2D eigenvalue weighted by molar-refractivity contribution is 5.47. The highest BCUT2D eigenvalue weighted by atomic mass is 15.3. The first kappa shape index (κ1) is 8.87. The molecule has 72 valence electrons. The molecule has 0 aliphatic rings. The summed E-state index contributed by atoms with van der Waals surface area (Å²) in [5.74, 6) is 0.699. The zero-order valence-electron chi connectivity index (χ0n) is 8.31. The summed E-state index contributed by atoms with van der Waals surface area (Å²) in [6.07, 6.45) is 4.58. The highest BCUT2D eigenvalue weighted by Crippen LogP contribution is 2.10. The molecule has 2 aromatic heterocycles. The van der Waals surface area contributed by atoms with Crippen molar-refractivity contribution in [2.24, 2.45) is 7.05 Å². The van der Waals surface area contributed by atoms with Crippen LogP contribution in [0, 0.1) is 0 Å². The van der Waals surface area contributed by atoms with E-state index >= 15 is 0 Å². The molecular formula is C10H12N4. The van der Waals surface area contributed by atoms with Gasteiger partial charge in [0.25, 0.3) is 0 Å². The largest absolute Gasteiger partial charge is 0.275 e. The monoisotopic (exact) mass is 188 g/mol. The van der Waals surface area contributed by atoms with E-state index in [9.17, 15) is 0 Å². The number of nitrogens with zero attached hydrogens (tertiary/aromatic N) is 4. The lowest BCUT2D eigenvalue weighted by atomic mass is 10.3. The van der Waals surface area contributed by atoms with Crippen molar-refractivity contribution < 1.29 is 0 Å². The van der Waals surface area contributed by atoms with Crippen LogP contribution in [0.4, 0.5) is 0 Å². The predicted octanol–water partition coefficient (Wildman–Crippen LogP) is 1.44. The van der Waals surface area contributed by atoms with Gasteiger partial charge < -0.3 is 0 Å². The molecule has 2 aromatic rings. The van der Waals surface area contributed by atoms with Gasteiger partial charge in [0.05, 0.1) is 0 Å². The third kappa shape index (κ3) is 1.64. The van der Waals surface area contributed by atoms with Crippen molar-refractivity contribution in [1.29, 1.82) is 0 Å². The van der Waals surface area contributed by atoms with Crippen molar-refractivity contribution in [1.82, 2.24) is 19.7 Å².